The van der Waals surface area contributed by atoms with Gasteiger partial charge in [-0.3, -0.25) is 9.69 Å². The second-order valence-corrected chi connectivity index (χ2v) is 7.96. The Morgan fingerprint density at radius 2 is 2.04 bits per heavy atom. The van der Waals surface area contributed by atoms with E-state index in [4.69, 9.17) is 9.47 Å². The topological polar surface area (TPSA) is 63.7 Å². The van der Waals surface area contributed by atoms with Crippen molar-refractivity contribution in [3.63, 3.8) is 0 Å². The molecular formula is C20H27N3O3S. The summed E-state index contributed by atoms with van der Waals surface area (Å²) >= 11 is 1.40. The number of nitrogens with zero attached hydrogens (tertiary/aromatic N) is 2. The molecule has 7 heteroatoms. The number of hydrogen-bond donors (Lipinski definition) is 1. The van der Waals surface area contributed by atoms with Crippen molar-refractivity contribution in [2.75, 3.05) is 27.8 Å². The molecule has 0 spiro atoms. The second-order valence-electron chi connectivity index (χ2n) is 6.96. The quantitative estimate of drug-likeness (QED) is 0.750. The van der Waals surface area contributed by atoms with Gasteiger partial charge < -0.3 is 14.8 Å². The van der Waals surface area contributed by atoms with Crippen molar-refractivity contribution in [1.82, 2.24) is 15.2 Å². The molecule has 146 valence electrons. The minimum atomic E-state index is -0.0622. The van der Waals surface area contributed by atoms with E-state index in [0.717, 1.165) is 16.3 Å². The summed E-state index contributed by atoms with van der Waals surface area (Å²) in [5.41, 5.74) is 1.65. The molecule has 0 bridgehead atoms. The molecule has 6 nitrogen and oxygen atoms in total. The molecule has 0 saturated heterocycles. The molecule has 1 atom stereocenters. The van der Waals surface area contributed by atoms with Gasteiger partial charge in [-0.25, -0.2) is 4.98 Å². The Morgan fingerprint density at radius 1 is 1.33 bits per heavy atom. The van der Waals surface area contributed by atoms with E-state index in [1.165, 1.54) is 24.2 Å². The Kier molecular flexibility index (Phi) is 6.01. The first-order valence-electron chi connectivity index (χ1n) is 9.14. The Bertz CT molecular complexity index is 817. The lowest BCUT2D eigenvalue weighted by Crippen LogP contribution is -2.41. The van der Waals surface area contributed by atoms with Gasteiger partial charge in [0.1, 0.15) is 9.88 Å². The van der Waals surface area contributed by atoms with E-state index in [-0.39, 0.29) is 5.91 Å². The standard InChI is InChI=1S/C20H27N3O3S/c1-12(23(3)15-7-8-15)11-21-19(24)18-13(2)22-20(27-18)14-6-9-16(25-4)17(10-14)26-5/h6,9-10,12,15H,7-8,11H2,1-5H3,(H,21,24). The van der Waals surface area contributed by atoms with Crippen LogP contribution >= 0.6 is 11.3 Å². The van der Waals surface area contributed by atoms with Crippen LogP contribution in [0.2, 0.25) is 0 Å². The number of methoxy groups -OCH3 is 2. The summed E-state index contributed by atoms with van der Waals surface area (Å²) in [5, 5.41) is 3.85. The summed E-state index contributed by atoms with van der Waals surface area (Å²) in [6.07, 6.45) is 2.52. The van der Waals surface area contributed by atoms with Crippen molar-refractivity contribution in [3.8, 4) is 22.1 Å². The van der Waals surface area contributed by atoms with Crippen LogP contribution in [0.15, 0.2) is 18.2 Å². The van der Waals surface area contributed by atoms with Crippen LogP contribution < -0.4 is 14.8 Å². The number of rotatable bonds is 8. The van der Waals surface area contributed by atoms with Gasteiger partial charge in [0, 0.05) is 24.2 Å². The third kappa shape index (κ3) is 4.42. The highest BCUT2D eigenvalue weighted by Crippen LogP contribution is 2.35. The van der Waals surface area contributed by atoms with Gasteiger partial charge >= 0.3 is 0 Å². The van der Waals surface area contributed by atoms with Gasteiger partial charge in [0.15, 0.2) is 11.5 Å². The van der Waals surface area contributed by atoms with Gasteiger partial charge in [0.25, 0.3) is 5.91 Å². The van der Waals surface area contributed by atoms with Crippen molar-refractivity contribution >= 4 is 17.2 Å². The third-order valence-corrected chi connectivity index (χ3v) is 6.21. The van der Waals surface area contributed by atoms with Crippen LogP contribution in [0.25, 0.3) is 10.6 Å². The maximum Gasteiger partial charge on any atom is 0.263 e. The van der Waals surface area contributed by atoms with Crippen LogP contribution in [-0.4, -0.2) is 55.7 Å². The molecule has 2 aromatic rings. The minimum Gasteiger partial charge on any atom is -0.493 e. The van der Waals surface area contributed by atoms with Gasteiger partial charge in [0.05, 0.1) is 19.9 Å². The maximum absolute atomic E-state index is 12.6. The number of hydrogen-bond acceptors (Lipinski definition) is 6. The molecule has 0 radical (unpaired) electrons. The predicted octanol–water partition coefficient (Wildman–Crippen LogP) is 3.35. The van der Waals surface area contributed by atoms with E-state index in [0.29, 0.717) is 35.0 Å². The fraction of sp³-hybridized carbons (Fsp3) is 0.500. The molecule has 1 fully saturated rings. The van der Waals surface area contributed by atoms with E-state index in [9.17, 15) is 4.79 Å². The molecule has 1 aliphatic carbocycles. The van der Waals surface area contributed by atoms with Crippen LogP contribution in [0.4, 0.5) is 0 Å². The van der Waals surface area contributed by atoms with Gasteiger partial charge in [-0.15, -0.1) is 11.3 Å². The normalized spacial score (nSPS) is 14.9. The zero-order chi connectivity index (χ0) is 19.6. The summed E-state index contributed by atoms with van der Waals surface area (Å²) in [6.45, 7) is 4.65. The molecule has 1 aliphatic rings. The van der Waals surface area contributed by atoms with Crippen molar-refractivity contribution in [2.24, 2.45) is 0 Å². The van der Waals surface area contributed by atoms with Gasteiger partial charge in [-0.1, -0.05) is 0 Å². The van der Waals surface area contributed by atoms with Crippen molar-refractivity contribution in [3.05, 3.63) is 28.8 Å². The van der Waals surface area contributed by atoms with Gasteiger partial charge in [-0.05, 0) is 51.9 Å². The average molecular weight is 390 g/mol. The highest BCUT2D eigenvalue weighted by molar-refractivity contribution is 7.17. The number of aryl methyl sites for hydroxylation is 1. The largest absolute Gasteiger partial charge is 0.493 e. The van der Waals surface area contributed by atoms with Crippen LogP contribution in [-0.2, 0) is 0 Å². The van der Waals surface area contributed by atoms with Gasteiger partial charge in [-0.2, -0.15) is 0 Å². The molecule has 3 rings (SSSR count). The minimum absolute atomic E-state index is 0.0622. The number of nitrogens with one attached hydrogen (secondary N) is 1. The number of ether oxygens (including phenoxy) is 2. The molecule has 0 aliphatic heterocycles. The maximum atomic E-state index is 12.6. The summed E-state index contributed by atoms with van der Waals surface area (Å²) in [7, 11) is 5.34. The molecule has 1 heterocycles. The van der Waals surface area contributed by atoms with Gasteiger partial charge in [0.2, 0.25) is 0 Å². The highest BCUT2D eigenvalue weighted by atomic mass is 32.1. The highest BCUT2D eigenvalue weighted by Gasteiger charge is 2.29. The number of carbonyl (C=O) groups is 1. The Morgan fingerprint density at radius 3 is 2.67 bits per heavy atom. The monoisotopic (exact) mass is 389 g/mol. The molecule has 1 aromatic carbocycles. The zero-order valence-corrected chi connectivity index (χ0v) is 17.4. The van der Waals surface area contributed by atoms with E-state index >= 15 is 0 Å². The van der Waals surface area contributed by atoms with E-state index in [2.05, 4.69) is 29.2 Å². The Balaban J connectivity index is 1.71. The van der Waals surface area contributed by atoms with Crippen molar-refractivity contribution in [1.29, 1.82) is 0 Å². The summed E-state index contributed by atoms with van der Waals surface area (Å²) in [4.78, 5) is 20.2. The first-order chi connectivity index (χ1) is 12.9. The lowest BCUT2D eigenvalue weighted by atomic mass is 10.2. The first kappa shape index (κ1) is 19.6. The molecule has 1 amide bonds. The Labute approximate surface area is 164 Å². The van der Waals surface area contributed by atoms with E-state index in [1.54, 1.807) is 14.2 Å². The average Bonchev–Trinajstić information content (AvgIpc) is 3.46. The van der Waals surface area contributed by atoms with E-state index < -0.39 is 0 Å². The van der Waals surface area contributed by atoms with Crippen LogP contribution in [0.5, 0.6) is 11.5 Å². The van der Waals surface area contributed by atoms with E-state index in [1.807, 2.05) is 25.1 Å². The number of amides is 1. The fourth-order valence-electron chi connectivity index (χ4n) is 3.01. The van der Waals surface area contributed by atoms with Crippen molar-refractivity contribution in [2.45, 2.75) is 38.8 Å². The van der Waals surface area contributed by atoms with Crippen LogP contribution in [0.3, 0.4) is 0 Å². The second kappa shape index (κ2) is 8.27. The third-order valence-electron chi connectivity index (χ3n) is 5.01. The number of benzene rings is 1. The van der Waals surface area contributed by atoms with Crippen LogP contribution in [0.1, 0.15) is 35.1 Å². The SMILES string of the molecule is COc1ccc(-c2nc(C)c(C(=O)NCC(C)N(C)C3CC3)s2)cc1OC. The first-order valence-corrected chi connectivity index (χ1v) is 9.96. The Hall–Kier alpha value is -2.12. The lowest BCUT2D eigenvalue weighted by molar-refractivity contribution is 0.0943. The molecule has 27 heavy (non-hydrogen) atoms. The van der Waals surface area contributed by atoms with Crippen LogP contribution in [0, 0.1) is 6.92 Å². The number of thiazole rings is 1. The molecule has 1 unspecified atom stereocenters. The molecular weight excluding hydrogens is 362 g/mol. The molecule has 1 N–H and O–H groups in total. The predicted molar refractivity (Wildman–Crippen MR) is 108 cm³/mol. The summed E-state index contributed by atoms with van der Waals surface area (Å²) in [6, 6.07) is 6.65. The number of likely N-dealkylation sites (N-methyl/N-ethyl adjacent to an activating group) is 1. The number of aromatic nitrogens is 1. The number of carbonyl (C=O) groups excluding carboxylic acids is 1. The summed E-state index contributed by atoms with van der Waals surface area (Å²) in [5.74, 6) is 1.25. The summed E-state index contributed by atoms with van der Waals surface area (Å²) < 4.78 is 10.6. The lowest BCUT2D eigenvalue weighted by Gasteiger charge is -2.24. The fourth-order valence-corrected chi connectivity index (χ4v) is 3.99. The molecule has 1 saturated carbocycles. The zero-order valence-electron chi connectivity index (χ0n) is 16.5. The smallest absolute Gasteiger partial charge is 0.263 e. The molecule has 1 aromatic heterocycles. The van der Waals surface area contributed by atoms with Crippen molar-refractivity contribution < 1.29 is 14.3 Å².